The molecule has 0 aliphatic carbocycles. The maximum Gasteiger partial charge on any atom is 0.332 e. The van der Waals surface area contributed by atoms with Crippen molar-refractivity contribution in [3.05, 3.63) is 58.6 Å². The van der Waals surface area contributed by atoms with E-state index in [1.54, 1.807) is 0 Å². The highest BCUT2D eigenvalue weighted by atomic mass is 35.5. The minimum atomic E-state index is -0.305. The number of carbonyl (C=O) groups is 1. The van der Waals surface area contributed by atoms with E-state index in [4.69, 9.17) is 21.1 Å². The Morgan fingerprint density at radius 1 is 1.13 bits per heavy atom. The zero-order valence-corrected chi connectivity index (χ0v) is 18.8. The summed E-state index contributed by atoms with van der Waals surface area (Å²) in [5.41, 5.74) is 2.72. The Labute approximate surface area is 187 Å². The number of fused-ring (bicyclic) bond motifs is 2. The van der Waals surface area contributed by atoms with Gasteiger partial charge in [-0.25, -0.2) is 4.79 Å². The molecule has 30 heavy (non-hydrogen) atoms. The van der Waals surface area contributed by atoms with Gasteiger partial charge in [-0.3, -0.25) is 9.80 Å². The van der Waals surface area contributed by atoms with Gasteiger partial charge in [0.2, 0.25) is 0 Å². The molecule has 0 aromatic heterocycles. The lowest BCUT2D eigenvalue weighted by Gasteiger charge is -2.39. The highest BCUT2D eigenvalue weighted by Gasteiger charge is 2.29. The summed E-state index contributed by atoms with van der Waals surface area (Å²) < 4.78 is 10.0. The van der Waals surface area contributed by atoms with Crippen LogP contribution in [-0.4, -0.2) is 68.8 Å². The largest absolute Gasteiger partial charge is 0.463 e. The van der Waals surface area contributed by atoms with Crippen LogP contribution >= 0.6 is 23.4 Å². The summed E-state index contributed by atoms with van der Waals surface area (Å²) in [5, 5.41) is 0.798. The molecular weight excluding hydrogens is 420 g/mol. The number of nitrogens with zero attached hydrogens (tertiary/aromatic N) is 2. The first-order chi connectivity index (χ1) is 14.6. The predicted molar refractivity (Wildman–Crippen MR) is 119 cm³/mol. The van der Waals surface area contributed by atoms with Crippen LogP contribution in [0.2, 0.25) is 5.02 Å². The Morgan fingerprint density at radius 2 is 1.93 bits per heavy atom. The van der Waals surface area contributed by atoms with Gasteiger partial charge in [0.1, 0.15) is 13.2 Å². The Morgan fingerprint density at radius 3 is 2.73 bits per heavy atom. The number of hydrogen-bond donors (Lipinski definition) is 0. The number of rotatable bonds is 6. The SMILES string of the molecule is COCC(=O)OCCN1CCN([C@H]2Cc3cc(Cl)ccc3Sc3ccccc32)CC1. The number of esters is 1. The van der Waals surface area contributed by atoms with Crippen molar-refractivity contribution in [1.82, 2.24) is 9.80 Å². The molecule has 1 fully saturated rings. The van der Waals surface area contributed by atoms with Crippen LogP contribution in [0.5, 0.6) is 0 Å². The molecule has 4 rings (SSSR count). The summed E-state index contributed by atoms with van der Waals surface area (Å²) in [7, 11) is 1.50. The molecular formula is C23H27ClN2O3S. The Hall–Kier alpha value is -1.57. The molecule has 0 spiro atoms. The number of ether oxygens (including phenoxy) is 2. The summed E-state index contributed by atoms with van der Waals surface area (Å²) in [6.07, 6.45) is 0.967. The highest BCUT2D eigenvalue weighted by molar-refractivity contribution is 7.99. The normalized spacial score (nSPS) is 19.6. The highest BCUT2D eigenvalue weighted by Crippen LogP contribution is 2.43. The van der Waals surface area contributed by atoms with Gasteiger partial charge in [-0.1, -0.05) is 41.6 Å². The molecule has 0 amide bonds. The van der Waals surface area contributed by atoms with Crippen molar-refractivity contribution in [3.63, 3.8) is 0 Å². The molecule has 0 bridgehead atoms. The maximum absolute atomic E-state index is 11.4. The van der Waals surface area contributed by atoms with Gasteiger partial charge >= 0.3 is 5.97 Å². The van der Waals surface area contributed by atoms with Crippen molar-refractivity contribution in [3.8, 4) is 0 Å². The van der Waals surface area contributed by atoms with Crippen LogP contribution in [0.4, 0.5) is 0 Å². The van der Waals surface area contributed by atoms with Crippen molar-refractivity contribution in [1.29, 1.82) is 0 Å². The first-order valence-corrected chi connectivity index (χ1v) is 11.5. The lowest BCUT2D eigenvalue weighted by molar-refractivity contribution is -0.148. The van der Waals surface area contributed by atoms with Crippen LogP contribution in [-0.2, 0) is 20.7 Å². The van der Waals surface area contributed by atoms with E-state index in [0.717, 1.165) is 44.2 Å². The Kier molecular flexibility index (Phi) is 7.33. The lowest BCUT2D eigenvalue weighted by Crippen LogP contribution is -2.48. The summed E-state index contributed by atoms with van der Waals surface area (Å²) in [4.78, 5) is 19.0. The van der Waals surface area contributed by atoms with E-state index in [1.165, 1.54) is 28.0 Å². The standard InChI is InChI=1S/C23H27ClN2O3S/c1-28-16-23(27)29-13-12-25-8-10-26(11-9-25)20-15-17-14-18(24)6-7-21(17)30-22-5-3-2-4-19(20)22/h2-7,14,20H,8-13,15-16H2,1H3/t20-/m0/s1. The van der Waals surface area contributed by atoms with Gasteiger partial charge in [0.05, 0.1) is 0 Å². The van der Waals surface area contributed by atoms with Crippen LogP contribution in [0.1, 0.15) is 17.2 Å². The average Bonchev–Trinajstić information content (AvgIpc) is 2.91. The molecule has 2 aromatic rings. The molecule has 1 atom stereocenters. The molecule has 1 saturated heterocycles. The van der Waals surface area contributed by atoms with Gasteiger partial charge < -0.3 is 9.47 Å². The van der Waals surface area contributed by atoms with Gasteiger partial charge in [-0.15, -0.1) is 0 Å². The van der Waals surface area contributed by atoms with Crippen molar-refractivity contribution in [2.45, 2.75) is 22.3 Å². The fourth-order valence-electron chi connectivity index (χ4n) is 4.17. The zero-order chi connectivity index (χ0) is 20.9. The first kappa shape index (κ1) is 21.7. The van der Waals surface area contributed by atoms with E-state index in [2.05, 4.69) is 46.2 Å². The summed E-state index contributed by atoms with van der Waals surface area (Å²) >= 11 is 8.15. The molecule has 160 valence electrons. The van der Waals surface area contributed by atoms with Gasteiger partial charge in [-0.05, 0) is 41.8 Å². The molecule has 2 heterocycles. The minimum Gasteiger partial charge on any atom is -0.463 e. The monoisotopic (exact) mass is 446 g/mol. The Balaban J connectivity index is 1.42. The molecule has 2 aliphatic heterocycles. The number of piperazine rings is 1. The molecule has 7 heteroatoms. The smallest absolute Gasteiger partial charge is 0.332 e. The second kappa shape index (κ2) is 10.2. The molecule has 0 N–H and O–H groups in total. The molecule has 2 aromatic carbocycles. The van der Waals surface area contributed by atoms with E-state index < -0.39 is 0 Å². The number of halogens is 1. The topological polar surface area (TPSA) is 42.0 Å². The van der Waals surface area contributed by atoms with Crippen LogP contribution in [0.25, 0.3) is 0 Å². The van der Waals surface area contributed by atoms with E-state index in [-0.39, 0.29) is 12.6 Å². The number of hydrogen-bond acceptors (Lipinski definition) is 6. The Bertz CT molecular complexity index is 887. The fourth-order valence-corrected chi connectivity index (χ4v) is 5.47. The maximum atomic E-state index is 11.4. The van der Waals surface area contributed by atoms with Gasteiger partial charge in [0, 0.05) is 60.7 Å². The van der Waals surface area contributed by atoms with Gasteiger partial charge in [-0.2, -0.15) is 0 Å². The van der Waals surface area contributed by atoms with Crippen LogP contribution < -0.4 is 0 Å². The summed E-state index contributed by atoms with van der Waals surface area (Å²) in [6, 6.07) is 15.3. The van der Waals surface area contributed by atoms with Crippen molar-refractivity contribution >= 4 is 29.3 Å². The van der Waals surface area contributed by atoms with Crippen LogP contribution in [0.3, 0.4) is 0 Å². The minimum absolute atomic E-state index is 0.0123. The molecule has 0 saturated carbocycles. The molecule has 0 radical (unpaired) electrons. The third-order valence-corrected chi connectivity index (χ3v) is 7.16. The molecule has 5 nitrogen and oxygen atoms in total. The third-order valence-electron chi connectivity index (χ3n) is 5.71. The van der Waals surface area contributed by atoms with E-state index >= 15 is 0 Å². The second-order valence-electron chi connectivity index (χ2n) is 7.64. The number of carbonyl (C=O) groups excluding carboxylic acids is 1. The quantitative estimate of drug-likeness (QED) is 0.627. The summed E-state index contributed by atoms with van der Waals surface area (Å²) in [6.45, 7) is 5.11. The van der Waals surface area contributed by atoms with Gasteiger partial charge in [0.15, 0.2) is 0 Å². The molecule has 2 aliphatic rings. The van der Waals surface area contributed by atoms with Crippen molar-refractivity contribution < 1.29 is 14.3 Å². The fraction of sp³-hybridized carbons (Fsp3) is 0.435. The van der Waals surface area contributed by atoms with Crippen LogP contribution in [0, 0.1) is 0 Å². The van der Waals surface area contributed by atoms with E-state index in [9.17, 15) is 4.79 Å². The van der Waals surface area contributed by atoms with Crippen LogP contribution in [0.15, 0.2) is 52.3 Å². The van der Waals surface area contributed by atoms with E-state index in [1.807, 2.05) is 17.8 Å². The number of methoxy groups -OCH3 is 1. The van der Waals surface area contributed by atoms with E-state index in [0.29, 0.717) is 12.6 Å². The van der Waals surface area contributed by atoms with Crippen molar-refractivity contribution in [2.24, 2.45) is 0 Å². The average molecular weight is 447 g/mol. The molecule has 0 unspecified atom stereocenters. The van der Waals surface area contributed by atoms with Gasteiger partial charge in [0.25, 0.3) is 0 Å². The third kappa shape index (κ3) is 5.18. The summed E-state index contributed by atoms with van der Waals surface area (Å²) in [5.74, 6) is -0.305. The number of benzene rings is 2. The zero-order valence-electron chi connectivity index (χ0n) is 17.2. The first-order valence-electron chi connectivity index (χ1n) is 10.3. The second-order valence-corrected chi connectivity index (χ2v) is 9.16. The predicted octanol–water partition coefficient (Wildman–Crippen LogP) is 3.90. The van der Waals surface area contributed by atoms with Crippen molar-refractivity contribution in [2.75, 3.05) is 53.0 Å². The lowest BCUT2D eigenvalue weighted by atomic mass is 9.96.